The Balaban J connectivity index is 1.44. The van der Waals surface area contributed by atoms with Gasteiger partial charge in [0.2, 0.25) is 0 Å². The fourth-order valence-electron chi connectivity index (χ4n) is 4.23. The van der Waals surface area contributed by atoms with E-state index < -0.39 is 23.7 Å². The summed E-state index contributed by atoms with van der Waals surface area (Å²) in [6.45, 7) is 2.34. The lowest BCUT2D eigenvalue weighted by molar-refractivity contribution is -0.122. The van der Waals surface area contributed by atoms with Crippen LogP contribution in [0.2, 0.25) is 5.02 Å². The smallest absolute Gasteiger partial charge is 0.335 e. The van der Waals surface area contributed by atoms with E-state index >= 15 is 0 Å². The summed E-state index contributed by atoms with van der Waals surface area (Å²) in [6.07, 6.45) is 1.29. The molecule has 1 heterocycles. The van der Waals surface area contributed by atoms with Crippen molar-refractivity contribution in [3.8, 4) is 11.5 Å². The molecule has 0 atom stereocenters. The molecule has 7 nitrogen and oxygen atoms in total. The summed E-state index contributed by atoms with van der Waals surface area (Å²) in [7, 11) is 0. The zero-order valence-corrected chi connectivity index (χ0v) is 21.5. The van der Waals surface area contributed by atoms with Crippen LogP contribution in [0.25, 0.3) is 16.8 Å². The fraction of sp³-hybridized carbons (Fsp3) is 0.100. The second-order valence-electron chi connectivity index (χ2n) is 8.67. The second kappa shape index (κ2) is 11.0. The van der Waals surface area contributed by atoms with E-state index in [4.69, 9.17) is 21.1 Å². The molecular formula is C30H22ClFN2O5. The number of carbonyl (C=O) groups is 3. The summed E-state index contributed by atoms with van der Waals surface area (Å²) >= 11 is 6.56. The number of barbiturate groups is 1. The van der Waals surface area contributed by atoms with Crippen molar-refractivity contribution in [2.45, 2.75) is 13.5 Å². The minimum atomic E-state index is -0.974. The van der Waals surface area contributed by atoms with Crippen molar-refractivity contribution in [2.75, 3.05) is 11.5 Å². The van der Waals surface area contributed by atoms with Crippen LogP contribution in [0.4, 0.5) is 14.9 Å². The number of hydrogen-bond acceptors (Lipinski definition) is 5. The lowest BCUT2D eigenvalue weighted by atomic mass is 10.1. The van der Waals surface area contributed by atoms with E-state index in [9.17, 15) is 18.8 Å². The van der Waals surface area contributed by atoms with Crippen LogP contribution in [-0.2, 0) is 16.2 Å². The number of anilines is 1. The van der Waals surface area contributed by atoms with Crippen molar-refractivity contribution in [3.63, 3.8) is 0 Å². The van der Waals surface area contributed by atoms with Crippen molar-refractivity contribution < 1.29 is 28.2 Å². The highest BCUT2D eigenvalue weighted by molar-refractivity contribution is 6.39. The zero-order chi connectivity index (χ0) is 27.5. The molecule has 4 aromatic rings. The summed E-state index contributed by atoms with van der Waals surface area (Å²) in [5.74, 6) is -1.80. The Morgan fingerprint density at radius 2 is 1.72 bits per heavy atom. The molecular weight excluding hydrogens is 523 g/mol. The normalized spacial score (nSPS) is 14.6. The van der Waals surface area contributed by atoms with Crippen molar-refractivity contribution in [2.24, 2.45) is 0 Å². The average Bonchev–Trinajstić information content (AvgIpc) is 2.90. The molecule has 4 aromatic carbocycles. The van der Waals surface area contributed by atoms with Gasteiger partial charge in [0.15, 0.2) is 11.5 Å². The zero-order valence-electron chi connectivity index (χ0n) is 20.7. The molecule has 1 N–H and O–H groups in total. The van der Waals surface area contributed by atoms with Crippen LogP contribution in [0.15, 0.2) is 84.4 Å². The molecule has 0 radical (unpaired) electrons. The van der Waals surface area contributed by atoms with Gasteiger partial charge in [0.05, 0.1) is 17.3 Å². The van der Waals surface area contributed by atoms with Gasteiger partial charge in [-0.15, -0.1) is 0 Å². The molecule has 0 bridgehead atoms. The molecule has 196 valence electrons. The second-order valence-corrected chi connectivity index (χ2v) is 9.08. The van der Waals surface area contributed by atoms with Crippen LogP contribution in [0.3, 0.4) is 0 Å². The van der Waals surface area contributed by atoms with E-state index in [0.717, 1.165) is 22.4 Å². The number of nitrogens with one attached hydrogen (secondary N) is 1. The van der Waals surface area contributed by atoms with Gasteiger partial charge in [0.1, 0.15) is 18.0 Å². The third-order valence-electron chi connectivity index (χ3n) is 6.01. The fourth-order valence-corrected chi connectivity index (χ4v) is 4.51. The number of ether oxygens (including phenoxy) is 2. The highest BCUT2D eigenvalue weighted by Gasteiger charge is 2.37. The Kier molecular flexibility index (Phi) is 7.29. The molecule has 1 aliphatic rings. The van der Waals surface area contributed by atoms with Crippen molar-refractivity contribution in [1.82, 2.24) is 5.32 Å². The Morgan fingerprint density at radius 1 is 0.923 bits per heavy atom. The van der Waals surface area contributed by atoms with Crippen LogP contribution in [0.1, 0.15) is 18.1 Å². The monoisotopic (exact) mass is 544 g/mol. The van der Waals surface area contributed by atoms with Crippen LogP contribution in [-0.4, -0.2) is 24.5 Å². The quantitative estimate of drug-likeness (QED) is 0.219. The first-order valence-electron chi connectivity index (χ1n) is 12.1. The van der Waals surface area contributed by atoms with Crippen LogP contribution in [0, 0.1) is 5.82 Å². The van der Waals surface area contributed by atoms with Gasteiger partial charge in [0.25, 0.3) is 11.8 Å². The van der Waals surface area contributed by atoms with Gasteiger partial charge in [-0.3, -0.25) is 14.9 Å². The first-order chi connectivity index (χ1) is 18.8. The molecule has 5 rings (SSSR count). The van der Waals surface area contributed by atoms with Gasteiger partial charge in [-0.1, -0.05) is 54.1 Å². The van der Waals surface area contributed by atoms with Gasteiger partial charge in [-0.25, -0.2) is 14.1 Å². The predicted octanol–water partition coefficient (Wildman–Crippen LogP) is 6.28. The largest absolute Gasteiger partial charge is 0.490 e. The minimum Gasteiger partial charge on any atom is -0.490 e. The highest BCUT2D eigenvalue weighted by Crippen LogP contribution is 2.38. The lowest BCUT2D eigenvalue weighted by Crippen LogP contribution is -2.54. The molecule has 1 aliphatic heterocycles. The molecule has 1 saturated heterocycles. The summed E-state index contributed by atoms with van der Waals surface area (Å²) in [5, 5.41) is 4.51. The third-order valence-corrected chi connectivity index (χ3v) is 6.29. The maximum absolute atomic E-state index is 13.7. The number of hydrogen-bond donors (Lipinski definition) is 1. The first-order valence-corrected chi connectivity index (χ1v) is 12.5. The van der Waals surface area contributed by atoms with Gasteiger partial charge < -0.3 is 9.47 Å². The Morgan fingerprint density at radius 3 is 2.49 bits per heavy atom. The van der Waals surface area contributed by atoms with E-state index in [0.29, 0.717) is 28.6 Å². The first kappa shape index (κ1) is 25.9. The SMILES string of the molecule is CCOc1cc(/C=C2\C(=O)NC(=O)N(c3cccc(F)c3)C2=O)cc(Cl)c1OCc1ccc2ccccc2c1. The van der Waals surface area contributed by atoms with E-state index in [1.807, 2.05) is 42.5 Å². The van der Waals surface area contributed by atoms with E-state index in [1.165, 1.54) is 30.3 Å². The van der Waals surface area contributed by atoms with Gasteiger partial charge in [-0.2, -0.15) is 0 Å². The Labute approximate surface area is 228 Å². The number of nitrogens with zero attached hydrogens (tertiary/aromatic N) is 1. The number of imide groups is 2. The third kappa shape index (κ3) is 5.46. The molecule has 0 aromatic heterocycles. The van der Waals surface area contributed by atoms with Gasteiger partial charge >= 0.3 is 6.03 Å². The number of urea groups is 1. The summed E-state index contributed by atoms with van der Waals surface area (Å²) < 4.78 is 25.5. The average molecular weight is 545 g/mol. The number of benzene rings is 4. The molecule has 0 unspecified atom stereocenters. The standard InChI is InChI=1S/C30H22ClFN2O5/c1-2-38-26-15-19(13-24-28(35)33-30(37)34(29(24)36)23-9-5-8-22(32)16-23)14-25(31)27(26)39-17-18-10-11-20-6-3-4-7-21(20)12-18/h3-16H,2,17H2,1H3,(H,33,35,37)/b24-13+. The van der Waals surface area contributed by atoms with Gasteiger partial charge in [-0.05, 0) is 71.3 Å². The molecule has 4 amide bonds. The van der Waals surface area contributed by atoms with E-state index in [2.05, 4.69) is 5.32 Å². The lowest BCUT2D eigenvalue weighted by Gasteiger charge is -2.26. The number of fused-ring (bicyclic) bond motifs is 1. The number of carbonyl (C=O) groups excluding carboxylic acids is 3. The number of halogens is 2. The topological polar surface area (TPSA) is 84.9 Å². The molecule has 0 saturated carbocycles. The predicted molar refractivity (Wildman–Crippen MR) is 146 cm³/mol. The molecule has 1 fully saturated rings. The molecule has 0 aliphatic carbocycles. The van der Waals surface area contributed by atoms with Crippen molar-refractivity contribution in [3.05, 3.63) is 106 Å². The summed E-state index contributed by atoms with van der Waals surface area (Å²) in [4.78, 5) is 38.8. The van der Waals surface area contributed by atoms with Crippen molar-refractivity contribution >= 4 is 52.0 Å². The summed E-state index contributed by atoms with van der Waals surface area (Å²) in [6, 6.07) is 21.1. The van der Waals surface area contributed by atoms with Crippen LogP contribution >= 0.6 is 11.6 Å². The van der Waals surface area contributed by atoms with E-state index in [1.54, 1.807) is 13.0 Å². The highest BCUT2D eigenvalue weighted by atomic mass is 35.5. The Bertz CT molecular complexity index is 1650. The summed E-state index contributed by atoms with van der Waals surface area (Å²) in [5.41, 5.74) is 0.960. The number of amides is 4. The maximum atomic E-state index is 13.7. The van der Waals surface area contributed by atoms with Crippen molar-refractivity contribution in [1.29, 1.82) is 0 Å². The van der Waals surface area contributed by atoms with E-state index in [-0.39, 0.29) is 22.9 Å². The number of rotatable bonds is 7. The minimum absolute atomic E-state index is 0.0126. The van der Waals surface area contributed by atoms with Crippen LogP contribution < -0.4 is 19.7 Å². The molecule has 0 spiro atoms. The van der Waals surface area contributed by atoms with Gasteiger partial charge in [0, 0.05) is 0 Å². The molecule has 39 heavy (non-hydrogen) atoms. The maximum Gasteiger partial charge on any atom is 0.335 e. The van der Waals surface area contributed by atoms with Crippen LogP contribution in [0.5, 0.6) is 11.5 Å². The molecule has 9 heteroatoms. The Hall–Kier alpha value is -4.69.